The summed E-state index contributed by atoms with van der Waals surface area (Å²) in [6.45, 7) is 2.33. The average molecular weight is 218 g/mol. The number of nitrogens with one attached hydrogen (secondary N) is 1. The van der Waals surface area contributed by atoms with Crippen molar-refractivity contribution in [3.63, 3.8) is 0 Å². The summed E-state index contributed by atoms with van der Waals surface area (Å²) in [6, 6.07) is 4.44. The Morgan fingerprint density at radius 2 is 2.20 bits per heavy atom. The second-order valence-corrected chi connectivity index (χ2v) is 5.20. The van der Waals surface area contributed by atoms with Gasteiger partial charge >= 0.3 is 0 Å². The predicted octanol–water partition coefficient (Wildman–Crippen LogP) is 2.76. The smallest absolute Gasteiger partial charge is 0.0376 e. The van der Waals surface area contributed by atoms with Crippen molar-refractivity contribution in [2.45, 2.75) is 18.8 Å². The van der Waals surface area contributed by atoms with E-state index in [4.69, 9.17) is 0 Å². The van der Waals surface area contributed by atoms with E-state index < -0.39 is 0 Å². The van der Waals surface area contributed by atoms with Crippen molar-refractivity contribution in [1.29, 1.82) is 0 Å². The minimum Gasteiger partial charge on any atom is -0.317 e. The highest BCUT2D eigenvalue weighted by atomic mass is 32.1. The van der Waals surface area contributed by atoms with E-state index in [9.17, 15) is 0 Å². The van der Waals surface area contributed by atoms with E-state index in [1.54, 1.807) is 4.88 Å². The molecule has 1 aliphatic rings. The Labute approximate surface area is 93.3 Å². The SMILES string of the molecule is c1cc2sc(C3CCNCC3)cc2cn1. The maximum absolute atomic E-state index is 4.17. The second-order valence-electron chi connectivity index (χ2n) is 4.09. The molecule has 0 saturated carbocycles. The van der Waals surface area contributed by atoms with E-state index >= 15 is 0 Å². The molecule has 0 amide bonds. The standard InChI is InChI=1S/C12H14N2S/c1-4-13-5-2-9(1)12-7-10-8-14-6-3-11(10)15-12/h3,6-9,13H,1-2,4-5H2. The number of hydrogen-bond acceptors (Lipinski definition) is 3. The van der Waals surface area contributed by atoms with Crippen LogP contribution in [0.25, 0.3) is 10.1 Å². The van der Waals surface area contributed by atoms with Crippen molar-refractivity contribution in [3.8, 4) is 0 Å². The van der Waals surface area contributed by atoms with Gasteiger partial charge < -0.3 is 5.32 Å². The summed E-state index contributed by atoms with van der Waals surface area (Å²) in [7, 11) is 0. The lowest BCUT2D eigenvalue weighted by Crippen LogP contribution is -2.26. The minimum absolute atomic E-state index is 0.767. The number of hydrogen-bond donors (Lipinski definition) is 1. The Morgan fingerprint density at radius 1 is 1.33 bits per heavy atom. The highest BCUT2D eigenvalue weighted by Gasteiger charge is 2.17. The molecule has 1 saturated heterocycles. The van der Waals surface area contributed by atoms with Crippen LogP contribution < -0.4 is 5.32 Å². The Morgan fingerprint density at radius 3 is 3.00 bits per heavy atom. The third-order valence-electron chi connectivity index (χ3n) is 3.08. The van der Waals surface area contributed by atoms with Crippen LogP contribution in [0.1, 0.15) is 23.6 Å². The minimum atomic E-state index is 0.767. The quantitative estimate of drug-likeness (QED) is 0.796. The fraction of sp³-hybridized carbons (Fsp3) is 0.417. The fourth-order valence-electron chi connectivity index (χ4n) is 2.21. The summed E-state index contributed by atoms with van der Waals surface area (Å²) in [6.07, 6.45) is 6.40. The number of pyridine rings is 1. The monoisotopic (exact) mass is 218 g/mol. The van der Waals surface area contributed by atoms with Crippen molar-refractivity contribution < 1.29 is 0 Å². The van der Waals surface area contributed by atoms with Crippen LogP contribution in [-0.2, 0) is 0 Å². The summed E-state index contributed by atoms with van der Waals surface area (Å²) >= 11 is 1.94. The lowest BCUT2D eigenvalue weighted by molar-refractivity contribution is 0.465. The number of fused-ring (bicyclic) bond motifs is 1. The van der Waals surface area contributed by atoms with Gasteiger partial charge in [-0.1, -0.05) is 0 Å². The number of nitrogens with zero attached hydrogens (tertiary/aromatic N) is 1. The van der Waals surface area contributed by atoms with Gasteiger partial charge in [0.2, 0.25) is 0 Å². The van der Waals surface area contributed by atoms with E-state index in [-0.39, 0.29) is 0 Å². The summed E-state index contributed by atoms with van der Waals surface area (Å²) < 4.78 is 1.37. The first kappa shape index (κ1) is 9.31. The van der Waals surface area contributed by atoms with Gasteiger partial charge in [0.1, 0.15) is 0 Å². The normalized spacial score (nSPS) is 18.4. The van der Waals surface area contributed by atoms with Crippen LogP contribution >= 0.6 is 11.3 Å². The molecule has 1 fully saturated rings. The molecule has 1 aliphatic heterocycles. The molecular weight excluding hydrogens is 204 g/mol. The summed E-state index contributed by atoms with van der Waals surface area (Å²) in [5, 5.41) is 4.71. The molecule has 3 heterocycles. The van der Waals surface area contributed by atoms with E-state index in [1.807, 2.05) is 23.7 Å². The summed E-state index contributed by atoms with van der Waals surface area (Å²) in [5.74, 6) is 0.767. The van der Waals surface area contributed by atoms with Crippen molar-refractivity contribution >= 4 is 21.4 Å². The molecule has 0 radical (unpaired) electrons. The van der Waals surface area contributed by atoms with Gasteiger partial charge in [0.25, 0.3) is 0 Å². The second kappa shape index (κ2) is 3.91. The Bertz CT molecular complexity index is 424. The molecule has 0 aromatic carbocycles. The van der Waals surface area contributed by atoms with Crippen LogP contribution in [-0.4, -0.2) is 18.1 Å². The topological polar surface area (TPSA) is 24.9 Å². The van der Waals surface area contributed by atoms with E-state index in [0.717, 1.165) is 19.0 Å². The molecule has 0 unspecified atom stereocenters. The number of aromatic nitrogens is 1. The first-order chi connectivity index (χ1) is 7.43. The van der Waals surface area contributed by atoms with Crippen LogP contribution in [0.5, 0.6) is 0 Å². The highest BCUT2D eigenvalue weighted by molar-refractivity contribution is 7.19. The molecule has 1 N–H and O–H groups in total. The van der Waals surface area contributed by atoms with Gasteiger partial charge in [-0.05, 0) is 44.0 Å². The number of thiophene rings is 1. The van der Waals surface area contributed by atoms with Crippen LogP contribution in [0, 0.1) is 0 Å². The van der Waals surface area contributed by atoms with Crippen LogP contribution in [0.15, 0.2) is 24.5 Å². The predicted molar refractivity (Wildman–Crippen MR) is 64.5 cm³/mol. The van der Waals surface area contributed by atoms with Crippen molar-refractivity contribution in [1.82, 2.24) is 10.3 Å². The maximum Gasteiger partial charge on any atom is 0.0376 e. The molecule has 78 valence electrons. The van der Waals surface area contributed by atoms with Gasteiger partial charge in [0, 0.05) is 27.4 Å². The molecule has 3 rings (SSSR count). The molecule has 15 heavy (non-hydrogen) atoms. The molecular formula is C12H14N2S. The molecule has 0 spiro atoms. The Kier molecular flexibility index (Phi) is 2.43. The molecule has 2 aromatic heterocycles. The largest absolute Gasteiger partial charge is 0.317 e. The number of piperidine rings is 1. The molecule has 0 bridgehead atoms. The van der Waals surface area contributed by atoms with Gasteiger partial charge in [-0.25, -0.2) is 0 Å². The lowest BCUT2D eigenvalue weighted by Gasteiger charge is -2.21. The molecule has 0 aliphatic carbocycles. The molecule has 2 aromatic rings. The highest BCUT2D eigenvalue weighted by Crippen LogP contribution is 2.34. The maximum atomic E-state index is 4.17. The van der Waals surface area contributed by atoms with Crippen LogP contribution in [0.2, 0.25) is 0 Å². The zero-order chi connectivity index (χ0) is 10.1. The summed E-state index contributed by atoms with van der Waals surface area (Å²) in [5.41, 5.74) is 0. The first-order valence-corrected chi connectivity index (χ1v) is 6.29. The van der Waals surface area contributed by atoms with Gasteiger partial charge in [-0.2, -0.15) is 0 Å². The molecule has 3 heteroatoms. The van der Waals surface area contributed by atoms with Crippen LogP contribution in [0.3, 0.4) is 0 Å². The zero-order valence-electron chi connectivity index (χ0n) is 8.57. The first-order valence-electron chi connectivity index (χ1n) is 5.47. The number of rotatable bonds is 1. The van der Waals surface area contributed by atoms with Crippen molar-refractivity contribution in [2.24, 2.45) is 0 Å². The van der Waals surface area contributed by atoms with Gasteiger partial charge in [0.15, 0.2) is 0 Å². The van der Waals surface area contributed by atoms with Gasteiger partial charge in [-0.15, -0.1) is 11.3 Å². The van der Waals surface area contributed by atoms with Gasteiger partial charge in [0.05, 0.1) is 0 Å². The summed E-state index contributed by atoms with van der Waals surface area (Å²) in [4.78, 5) is 5.71. The van der Waals surface area contributed by atoms with Crippen molar-refractivity contribution in [2.75, 3.05) is 13.1 Å². The van der Waals surface area contributed by atoms with Crippen LogP contribution in [0.4, 0.5) is 0 Å². The molecule has 0 atom stereocenters. The molecule has 2 nitrogen and oxygen atoms in total. The van der Waals surface area contributed by atoms with Gasteiger partial charge in [-0.3, -0.25) is 4.98 Å². The third kappa shape index (κ3) is 1.77. The fourth-order valence-corrected chi connectivity index (χ4v) is 3.41. The Balaban J connectivity index is 1.96. The lowest BCUT2D eigenvalue weighted by atomic mass is 9.96. The van der Waals surface area contributed by atoms with Crippen molar-refractivity contribution in [3.05, 3.63) is 29.4 Å². The Hall–Kier alpha value is -0.930. The van der Waals surface area contributed by atoms with E-state index in [0.29, 0.717) is 0 Å². The van der Waals surface area contributed by atoms with E-state index in [1.165, 1.54) is 22.9 Å². The third-order valence-corrected chi connectivity index (χ3v) is 4.36. The average Bonchev–Trinajstić information content (AvgIpc) is 2.74. The zero-order valence-corrected chi connectivity index (χ0v) is 9.39. The van der Waals surface area contributed by atoms with E-state index in [2.05, 4.69) is 22.4 Å².